The molecule has 0 spiro atoms. The summed E-state index contributed by atoms with van der Waals surface area (Å²) in [6.07, 6.45) is -3.42. The SMILES string of the molecule is COC(=O)c1ccnc2ccc(OC(F)(F)F)cc12. The minimum atomic E-state index is -4.79. The zero-order valence-corrected chi connectivity index (χ0v) is 9.69. The molecule has 0 bridgehead atoms. The quantitative estimate of drug-likeness (QED) is 0.788. The van der Waals surface area contributed by atoms with Gasteiger partial charge in [0.05, 0.1) is 18.2 Å². The maximum atomic E-state index is 12.1. The van der Waals surface area contributed by atoms with E-state index in [1.165, 1.54) is 25.4 Å². The molecule has 7 heteroatoms. The standard InChI is InChI=1S/C12H8F3NO3/c1-18-11(17)8-4-5-16-10-3-2-7(6-9(8)10)19-12(13,14)15/h2-6H,1H3. The predicted octanol–water partition coefficient (Wildman–Crippen LogP) is 2.92. The minimum Gasteiger partial charge on any atom is -0.465 e. The van der Waals surface area contributed by atoms with Gasteiger partial charge in [-0.25, -0.2) is 4.79 Å². The second-order valence-electron chi connectivity index (χ2n) is 3.58. The van der Waals surface area contributed by atoms with Gasteiger partial charge in [-0.2, -0.15) is 0 Å². The minimum absolute atomic E-state index is 0.125. The molecule has 2 aromatic rings. The second kappa shape index (κ2) is 4.75. The van der Waals surface area contributed by atoms with Crippen LogP contribution in [0.2, 0.25) is 0 Å². The van der Waals surface area contributed by atoms with E-state index in [1.54, 1.807) is 0 Å². The summed E-state index contributed by atoms with van der Waals surface area (Å²) >= 11 is 0. The number of nitrogens with zero attached hydrogens (tertiary/aromatic N) is 1. The van der Waals surface area contributed by atoms with E-state index in [2.05, 4.69) is 14.5 Å². The smallest absolute Gasteiger partial charge is 0.465 e. The van der Waals surface area contributed by atoms with Crippen molar-refractivity contribution in [3.8, 4) is 5.75 Å². The zero-order chi connectivity index (χ0) is 14.0. The lowest BCUT2D eigenvalue weighted by Crippen LogP contribution is -2.17. The van der Waals surface area contributed by atoms with Crippen LogP contribution in [0, 0.1) is 0 Å². The van der Waals surface area contributed by atoms with Gasteiger partial charge in [0, 0.05) is 11.6 Å². The van der Waals surface area contributed by atoms with Crippen LogP contribution < -0.4 is 4.74 Å². The van der Waals surface area contributed by atoms with Crippen LogP contribution in [0.25, 0.3) is 10.9 Å². The van der Waals surface area contributed by atoms with Crippen LogP contribution >= 0.6 is 0 Å². The number of esters is 1. The Morgan fingerprint density at radius 2 is 2.00 bits per heavy atom. The van der Waals surface area contributed by atoms with Crippen LogP contribution in [0.15, 0.2) is 30.5 Å². The van der Waals surface area contributed by atoms with Crippen molar-refractivity contribution in [2.24, 2.45) is 0 Å². The number of carbonyl (C=O) groups excluding carboxylic acids is 1. The van der Waals surface area contributed by atoms with Gasteiger partial charge in [0.25, 0.3) is 0 Å². The molecule has 0 aliphatic carbocycles. The van der Waals surface area contributed by atoms with Gasteiger partial charge in [0.15, 0.2) is 0 Å². The summed E-state index contributed by atoms with van der Waals surface area (Å²) in [4.78, 5) is 15.5. The monoisotopic (exact) mass is 271 g/mol. The van der Waals surface area contributed by atoms with E-state index in [-0.39, 0.29) is 10.9 Å². The average Bonchev–Trinajstić information content (AvgIpc) is 2.35. The van der Waals surface area contributed by atoms with Crippen molar-refractivity contribution in [1.82, 2.24) is 4.98 Å². The molecular weight excluding hydrogens is 263 g/mol. The third-order valence-electron chi connectivity index (χ3n) is 2.35. The third-order valence-corrected chi connectivity index (χ3v) is 2.35. The van der Waals surface area contributed by atoms with Crippen LogP contribution in [0.4, 0.5) is 13.2 Å². The Kier molecular flexibility index (Phi) is 3.28. The Bertz CT molecular complexity index is 625. The van der Waals surface area contributed by atoms with Gasteiger partial charge in [-0.05, 0) is 24.3 Å². The number of hydrogen-bond acceptors (Lipinski definition) is 4. The van der Waals surface area contributed by atoms with Crippen LogP contribution in [-0.2, 0) is 4.74 Å². The highest BCUT2D eigenvalue weighted by atomic mass is 19.4. The lowest BCUT2D eigenvalue weighted by Gasteiger charge is -2.10. The highest BCUT2D eigenvalue weighted by Crippen LogP contribution is 2.27. The highest BCUT2D eigenvalue weighted by Gasteiger charge is 2.31. The van der Waals surface area contributed by atoms with Crippen LogP contribution in [0.5, 0.6) is 5.75 Å². The summed E-state index contributed by atoms with van der Waals surface area (Å²) in [7, 11) is 1.19. The molecule has 0 amide bonds. The number of carbonyl (C=O) groups is 1. The number of fused-ring (bicyclic) bond motifs is 1. The molecule has 0 saturated heterocycles. The molecule has 4 nitrogen and oxygen atoms in total. The molecule has 0 atom stereocenters. The molecule has 19 heavy (non-hydrogen) atoms. The number of ether oxygens (including phenoxy) is 2. The maximum Gasteiger partial charge on any atom is 0.573 e. The molecule has 0 aliphatic heterocycles. The number of hydrogen-bond donors (Lipinski definition) is 0. The van der Waals surface area contributed by atoms with Crippen LogP contribution in [0.3, 0.4) is 0 Å². The zero-order valence-electron chi connectivity index (χ0n) is 9.69. The van der Waals surface area contributed by atoms with E-state index in [0.717, 1.165) is 12.1 Å². The molecular formula is C12H8F3NO3. The first-order valence-electron chi connectivity index (χ1n) is 5.13. The molecule has 1 aromatic heterocycles. The first kappa shape index (κ1) is 13.1. The molecule has 0 unspecified atom stereocenters. The second-order valence-corrected chi connectivity index (χ2v) is 3.58. The molecule has 0 saturated carbocycles. The number of halogens is 3. The molecule has 100 valence electrons. The van der Waals surface area contributed by atoms with Gasteiger partial charge in [-0.1, -0.05) is 0 Å². The Morgan fingerprint density at radius 1 is 1.26 bits per heavy atom. The van der Waals surface area contributed by atoms with E-state index >= 15 is 0 Å². The van der Waals surface area contributed by atoms with E-state index < -0.39 is 18.1 Å². The number of pyridine rings is 1. The fraction of sp³-hybridized carbons (Fsp3) is 0.167. The van der Waals surface area contributed by atoms with Crippen molar-refractivity contribution in [3.05, 3.63) is 36.0 Å². The van der Waals surface area contributed by atoms with Gasteiger partial charge in [-0.3, -0.25) is 4.98 Å². The summed E-state index contributed by atoms with van der Waals surface area (Å²) in [6.45, 7) is 0. The van der Waals surface area contributed by atoms with Crippen LogP contribution in [-0.4, -0.2) is 24.4 Å². The van der Waals surface area contributed by atoms with Gasteiger partial charge in [0.1, 0.15) is 5.75 Å². The molecule has 1 aromatic carbocycles. The molecule has 0 fully saturated rings. The van der Waals surface area contributed by atoms with Crippen molar-refractivity contribution in [1.29, 1.82) is 0 Å². The summed E-state index contributed by atoms with van der Waals surface area (Å²) in [6, 6.07) is 4.93. The van der Waals surface area contributed by atoms with Gasteiger partial charge < -0.3 is 9.47 Å². The Balaban J connectivity index is 2.53. The molecule has 0 N–H and O–H groups in total. The highest BCUT2D eigenvalue weighted by molar-refractivity contribution is 6.03. The van der Waals surface area contributed by atoms with Crippen molar-refractivity contribution >= 4 is 16.9 Å². The summed E-state index contributed by atoms with van der Waals surface area (Å²) < 4.78 is 44.8. The Hall–Kier alpha value is -2.31. The van der Waals surface area contributed by atoms with E-state index in [1.807, 2.05) is 0 Å². The average molecular weight is 271 g/mol. The summed E-state index contributed by atoms with van der Waals surface area (Å²) in [5.74, 6) is -1.07. The fourth-order valence-corrected chi connectivity index (χ4v) is 1.61. The first-order valence-corrected chi connectivity index (χ1v) is 5.13. The maximum absolute atomic E-state index is 12.1. The van der Waals surface area contributed by atoms with Gasteiger partial charge >= 0.3 is 12.3 Å². The predicted molar refractivity (Wildman–Crippen MR) is 59.8 cm³/mol. The van der Waals surface area contributed by atoms with E-state index in [9.17, 15) is 18.0 Å². The normalized spacial score (nSPS) is 11.4. The Morgan fingerprint density at radius 3 is 2.63 bits per heavy atom. The molecule has 0 aliphatic rings. The van der Waals surface area contributed by atoms with Crippen molar-refractivity contribution in [2.45, 2.75) is 6.36 Å². The number of methoxy groups -OCH3 is 1. The largest absolute Gasteiger partial charge is 0.573 e. The van der Waals surface area contributed by atoms with Crippen molar-refractivity contribution in [2.75, 3.05) is 7.11 Å². The Labute approximate surface area is 105 Å². The number of alkyl halides is 3. The first-order chi connectivity index (χ1) is 8.90. The van der Waals surface area contributed by atoms with Crippen molar-refractivity contribution < 1.29 is 27.4 Å². The molecule has 1 heterocycles. The summed E-state index contributed by atoms with van der Waals surface area (Å²) in [5, 5.41) is 0.233. The lowest BCUT2D eigenvalue weighted by atomic mass is 10.1. The van der Waals surface area contributed by atoms with Gasteiger partial charge in [0.2, 0.25) is 0 Å². The number of benzene rings is 1. The van der Waals surface area contributed by atoms with Crippen LogP contribution in [0.1, 0.15) is 10.4 Å². The number of rotatable bonds is 2. The van der Waals surface area contributed by atoms with E-state index in [4.69, 9.17) is 0 Å². The molecule has 2 rings (SSSR count). The van der Waals surface area contributed by atoms with Crippen molar-refractivity contribution in [3.63, 3.8) is 0 Å². The summed E-state index contributed by atoms with van der Waals surface area (Å²) in [5.41, 5.74) is 0.498. The molecule has 0 radical (unpaired) electrons. The third kappa shape index (κ3) is 2.93. The number of aromatic nitrogens is 1. The fourth-order valence-electron chi connectivity index (χ4n) is 1.61. The topological polar surface area (TPSA) is 48.4 Å². The van der Waals surface area contributed by atoms with Gasteiger partial charge in [-0.15, -0.1) is 13.2 Å². The lowest BCUT2D eigenvalue weighted by molar-refractivity contribution is -0.274. The van der Waals surface area contributed by atoms with E-state index in [0.29, 0.717) is 5.52 Å².